The van der Waals surface area contributed by atoms with Crippen LogP contribution in [-0.4, -0.2) is 54.6 Å². The van der Waals surface area contributed by atoms with E-state index in [-0.39, 0.29) is 23.8 Å². The van der Waals surface area contributed by atoms with E-state index >= 15 is 0 Å². The van der Waals surface area contributed by atoms with Crippen molar-refractivity contribution < 1.29 is 9.90 Å². The first kappa shape index (κ1) is 29.0. The van der Waals surface area contributed by atoms with Crippen molar-refractivity contribution in [1.29, 1.82) is 0 Å². The molecule has 8 heteroatoms. The summed E-state index contributed by atoms with van der Waals surface area (Å²) >= 11 is 0. The van der Waals surface area contributed by atoms with E-state index in [2.05, 4.69) is 4.90 Å². The number of piperidine rings is 2. The molecule has 6 rings (SSSR count). The number of fused-ring (bicyclic) bond motifs is 3. The Morgan fingerprint density at radius 2 is 1.40 bits per heavy atom. The van der Waals surface area contributed by atoms with E-state index in [1.54, 1.807) is 12.1 Å². The van der Waals surface area contributed by atoms with E-state index < -0.39 is 17.9 Å². The zero-order valence-electron chi connectivity index (χ0n) is 24.6. The number of rotatable bonds is 6. The number of aliphatic hydroxyl groups excluding tert-OH is 1. The highest BCUT2D eigenvalue weighted by atomic mass is 16.3. The fourth-order valence-corrected chi connectivity index (χ4v) is 8.08. The fourth-order valence-electron chi connectivity index (χ4n) is 8.08. The van der Waals surface area contributed by atoms with E-state index in [0.717, 1.165) is 18.4 Å². The number of aromatic nitrogens is 3. The SMILES string of the molecule is O=C(CO)Cn1c(-c2nc3ccccc3n([C@H]3C[C@H]4CCC[C@@H](C3)N4C3CCCCCCCCC3)c2=O)cccc1=O. The smallest absolute Gasteiger partial charge is 0.279 e. The second kappa shape index (κ2) is 13.0. The summed E-state index contributed by atoms with van der Waals surface area (Å²) in [6.45, 7) is -0.970. The zero-order valence-corrected chi connectivity index (χ0v) is 24.6. The molecule has 3 aromatic rings. The monoisotopic (exact) mass is 572 g/mol. The normalized spacial score (nSPS) is 24.5. The van der Waals surface area contributed by atoms with E-state index in [1.807, 2.05) is 28.8 Å². The minimum absolute atomic E-state index is 0.0400. The third-order valence-electron chi connectivity index (χ3n) is 9.97. The van der Waals surface area contributed by atoms with Crippen molar-refractivity contribution in [2.75, 3.05) is 6.61 Å². The molecule has 3 aliphatic rings. The molecule has 2 bridgehead atoms. The van der Waals surface area contributed by atoms with Gasteiger partial charge >= 0.3 is 0 Å². The summed E-state index contributed by atoms with van der Waals surface area (Å²) < 4.78 is 3.21. The van der Waals surface area contributed by atoms with Gasteiger partial charge in [0.25, 0.3) is 11.1 Å². The summed E-state index contributed by atoms with van der Waals surface area (Å²) in [5.41, 5.74) is 1.38. The average Bonchev–Trinajstić information content (AvgIpc) is 3.00. The van der Waals surface area contributed by atoms with Gasteiger partial charge in [0.05, 0.1) is 23.3 Å². The third-order valence-corrected chi connectivity index (χ3v) is 9.97. The Kier molecular flexibility index (Phi) is 9.00. The van der Waals surface area contributed by atoms with Crippen LogP contribution in [0, 0.1) is 0 Å². The number of hydrogen-bond acceptors (Lipinski definition) is 6. The van der Waals surface area contributed by atoms with Crippen LogP contribution in [0.5, 0.6) is 0 Å². The molecule has 1 aliphatic carbocycles. The molecule has 1 N–H and O–H groups in total. The number of nitrogens with zero attached hydrogens (tertiary/aromatic N) is 4. The number of Topliss-reactive ketones (excluding diaryl/α,β-unsaturated/α-hetero) is 1. The number of para-hydroxylation sites is 2. The van der Waals surface area contributed by atoms with Crippen LogP contribution in [0.1, 0.15) is 95.9 Å². The first-order chi connectivity index (χ1) is 20.5. The quantitative estimate of drug-likeness (QED) is 0.434. The van der Waals surface area contributed by atoms with Crippen LogP contribution in [-0.2, 0) is 11.3 Å². The molecular formula is C34H44N4O4. The highest BCUT2D eigenvalue weighted by Gasteiger charge is 2.42. The summed E-state index contributed by atoms with van der Waals surface area (Å²) in [5, 5.41) is 9.36. The van der Waals surface area contributed by atoms with Gasteiger partial charge in [-0.25, -0.2) is 4.98 Å². The van der Waals surface area contributed by atoms with Crippen molar-refractivity contribution in [1.82, 2.24) is 19.0 Å². The molecule has 0 amide bonds. The van der Waals surface area contributed by atoms with Crippen molar-refractivity contribution in [2.45, 2.75) is 121 Å². The maximum Gasteiger partial charge on any atom is 0.279 e. The van der Waals surface area contributed by atoms with Gasteiger partial charge < -0.3 is 9.67 Å². The van der Waals surface area contributed by atoms with Crippen LogP contribution in [0.2, 0.25) is 0 Å². The van der Waals surface area contributed by atoms with Gasteiger partial charge in [-0.1, -0.05) is 69.6 Å². The van der Waals surface area contributed by atoms with Crippen LogP contribution in [0.15, 0.2) is 52.1 Å². The second-order valence-electron chi connectivity index (χ2n) is 12.7. The van der Waals surface area contributed by atoms with Crippen LogP contribution in [0.4, 0.5) is 0 Å². The number of carbonyl (C=O) groups is 1. The maximum atomic E-state index is 14.4. The van der Waals surface area contributed by atoms with E-state index in [0.29, 0.717) is 29.3 Å². The number of aliphatic hydroxyl groups is 1. The van der Waals surface area contributed by atoms with Gasteiger partial charge in [-0.3, -0.25) is 23.9 Å². The number of ketones is 1. The van der Waals surface area contributed by atoms with E-state index in [9.17, 15) is 19.5 Å². The van der Waals surface area contributed by atoms with Gasteiger partial charge in [0, 0.05) is 30.2 Å². The predicted molar refractivity (Wildman–Crippen MR) is 165 cm³/mol. The minimum atomic E-state index is -0.668. The summed E-state index contributed by atoms with van der Waals surface area (Å²) in [4.78, 5) is 47.0. The Bertz CT molecular complexity index is 1500. The largest absolute Gasteiger partial charge is 0.389 e. The second-order valence-corrected chi connectivity index (χ2v) is 12.7. The first-order valence-corrected chi connectivity index (χ1v) is 16.2. The third kappa shape index (κ3) is 5.88. The minimum Gasteiger partial charge on any atom is -0.389 e. The summed E-state index contributed by atoms with van der Waals surface area (Å²) in [5.74, 6) is -0.494. The summed E-state index contributed by atoms with van der Waals surface area (Å²) in [6.07, 6.45) is 17.5. The standard InChI is InChI=1S/C34H44N4O4/c39-23-28(40)22-36-31(18-11-19-32(36)41)33-34(42)38(30-17-9-8-16-29(30)35-33)27-20-25-14-10-15-26(21-27)37(25)24-12-6-4-2-1-3-5-7-13-24/h8-9,11,16-19,24-27,39H,1-7,10,12-15,20-23H2/t25-,26+,27+. The van der Waals surface area contributed by atoms with Crippen LogP contribution < -0.4 is 11.1 Å². The molecule has 2 saturated heterocycles. The Hall–Kier alpha value is -3.10. The van der Waals surface area contributed by atoms with Gasteiger partial charge in [-0.2, -0.15) is 0 Å². The maximum absolute atomic E-state index is 14.4. The van der Waals surface area contributed by atoms with Crippen LogP contribution in [0.25, 0.3) is 22.4 Å². The summed E-state index contributed by atoms with van der Waals surface area (Å²) in [6, 6.07) is 14.0. The number of carbonyl (C=O) groups excluding carboxylic acids is 1. The molecule has 0 radical (unpaired) electrons. The molecule has 2 aromatic heterocycles. The summed E-state index contributed by atoms with van der Waals surface area (Å²) in [7, 11) is 0. The molecule has 3 atom stereocenters. The van der Waals surface area contributed by atoms with Crippen molar-refractivity contribution in [3.63, 3.8) is 0 Å². The van der Waals surface area contributed by atoms with Crippen LogP contribution >= 0.6 is 0 Å². The molecule has 42 heavy (non-hydrogen) atoms. The Morgan fingerprint density at radius 1 is 0.762 bits per heavy atom. The van der Waals surface area contributed by atoms with Gasteiger partial charge in [-0.15, -0.1) is 0 Å². The predicted octanol–water partition coefficient (Wildman–Crippen LogP) is 5.24. The fraction of sp³-hybridized carbons (Fsp3) is 0.588. The highest BCUT2D eigenvalue weighted by Crippen LogP contribution is 2.42. The lowest BCUT2D eigenvalue weighted by molar-refractivity contribution is -0.122. The molecule has 1 saturated carbocycles. The van der Waals surface area contributed by atoms with Crippen LogP contribution in [0.3, 0.4) is 0 Å². The number of hydrogen-bond donors (Lipinski definition) is 1. The van der Waals surface area contributed by atoms with E-state index in [1.165, 1.54) is 87.7 Å². The van der Waals surface area contributed by atoms with Gasteiger partial charge in [0.1, 0.15) is 6.61 Å². The molecule has 0 unspecified atom stereocenters. The molecule has 224 valence electrons. The highest BCUT2D eigenvalue weighted by molar-refractivity contribution is 5.80. The molecule has 0 spiro atoms. The van der Waals surface area contributed by atoms with Crippen molar-refractivity contribution in [2.24, 2.45) is 0 Å². The average molecular weight is 573 g/mol. The lowest BCUT2D eigenvalue weighted by atomic mass is 9.79. The lowest BCUT2D eigenvalue weighted by Gasteiger charge is -2.53. The lowest BCUT2D eigenvalue weighted by Crippen LogP contribution is -2.57. The van der Waals surface area contributed by atoms with Crippen molar-refractivity contribution >= 4 is 16.8 Å². The van der Waals surface area contributed by atoms with E-state index in [4.69, 9.17) is 4.98 Å². The topological polar surface area (TPSA) is 97.4 Å². The van der Waals surface area contributed by atoms with Crippen molar-refractivity contribution in [3.05, 3.63) is 63.2 Å². The van der Waals surface area contributed by atoms with Gasteiger partial charge in [-0.05, 0) is 56.7 Å². The molecule has 2 aliphatic heterocycles. The Balaban J connectivity index is 1.38. The van der Waals surface area contributed by atoms with Gasteiger partial charge in [0.15, 0.2) is 11.5 Å². The van der Waals surface area contributed by atoms with Crippen molar-refractivity contribution in [3.8, 4) is 11.4 Å². The number of benzene rings is 1. The molecule has 4 heterocycles. The molecular weight excluding hydrogens is 528 g/mol. The Labute approximate surface area is 247 Å². The molecule has 3 fully saturated rings. The first-order valence-electron chi connectivity index (χ1n) is 16.2. The van der Waals surface area contributed by atoms with Gasteiger partial charge in [0.2, 0.25) is 0 Å². The Morgan fingerprint density at radius 3 is 2.10 bits per heavy atom. The number of pyridine rings is 1. The molecule has 1 aromatic carbocycles. The molecule has 8 nitrogen and oxygen atoms in total. The zero-order chi connectivity index (χ0) is 29.1.